The van der Waals surface area contributed by atoms with E-state index in [1.165, 1.54) is 19.3 Å². The largest absolute Gasteiger partial charge is 0.422 e. The van der Waals surface area contributed by atoms with Gasteiger partial charge in [0.05, 0.1) is 0 Å². The molecule has 7 heteroatoms. The Hall–Kier alpha value is -2.44. The molecule has 0 aromatic carbocycles. The van der Waals surface area contributed by atoms with Gasteiger partial charge in [-0.05, 0) is 31.2 Å². The fourth-order valence-electron chi connectivity index (χ4n) is 3.26. The summed E-state index contributed by atoms with van der Waals surface area (Å²) in [5, 5.41) is 4.27. The monoisotopic (exact) mass is 312 g/mol. The van der Waals surface area contributed by atoms with Gasteiger partial charge in [0.25, 0.3) is 5.71 Å². The number of hydrogen-bond donors (Lipinski definition) is 0. The van der Waals surface area contributed by atoms with Gasteiger partial charge in [-0.2, -0.15) is 10.1 Å². The smallest absolute Gasteiger partial charge is 0.252 e. The second-order valence-corrected chi connectivity index (χ2v) is 6.07. The van der Waals surface area contributed by atoms with Crippen LogP contribution in [0.4, 0.5) is 5.82 Å². The highest BCUT2D eigenvalue weighted by atomic mass is 16.4. The zero-order chi connectivity index (χ0) is 15.6. The van der Waals surface area contributed by atoms with Crippen molar-refractivity contribution in [3.63, 3.8) is 0 Å². The van der Waals surface area contributed by atoms with Crippen molar-refractivity contribution in [3.8, 4) is 0 Å². The van der Waals surface area contributed by atoms with E-state index in [1.807, 2.05) is 30.1 Å². The van der Waals surface area contributed by atoms with Gasteiger partial charge in [-0.1, -0.05) is 0 Å². The Morgan fingerprint density at radius 3 is 2.91 bits per heavy atom. The lowest BCUT2D eigenvalue weighted by Crippen LogP contribution is -2.34. The summed E-state index contributed by atoms with van der Waals surface area (Å²) >= 11 is 0. The molecule has 3 aromatic heterocycles. The first kappa shape index (κ1) is 14.2. The highest BCUT2D eigenvalue weighted by molar-refractivity contribution is 5.81. The van der Waals surface area contributed by atoms with Crippen molar-refractivity contribution in [2.24, 2.45) is 5.92 Å². The van der Waals surface area contributed by atoms with Crippen molar-refractivity contribution in [2.75, 3.05) is 18.0 Å². The fourth-order valence-corrected chi connectivity index (χ4v) is 3.26. The fraction of sp³-hybridized carbons (Fsp3) is 0.500. The minimum atomic E-state index is 0.577. The van der Waals surface area contributed by atoms with Crippen molar-refractivity contribution in [1.82, 2.24) is 24.7 Å². The van der Waals surface area contributed by atoms with Crippen molar-refractivity contribution in [1.29, 1.82) is 0 Å². The minimum absolute atomic E-state index is 0.577. The summed E-state index contributed by atoms with van der Waals surface area (Å²) in [6.45, 7) is 4.84. The Morgan fingerprint density at radius 1 is 1.26 bits per heavy atom. The number of oxazole rings is 1. The molecule has 0 atom stereocenters. The topological polar surface area (TPSA) is 72.9 Å². The molecule has 4 rings (SSSR count). The molecule has 1 fully saturated rings. The predicted molar refractivity (Wildman–Crippen MR) is 86.1 cm³/mol. The average Bonchev–Trinajstić information content (AvgIpc) is 3.21. The van der Waals surface area contributed by atoms with Gasteiger partial charge in [0.1, 0.15) is 6.33 Å². The maximum absolute atomic E-state index is 5.50. The maximum Gasteiger partial charge on any atom is 0.252 e. The first-order valence-electron chi connectivity index (χ1n) is 8.10. The van der Waals surface area contributed by atoms with E-state index in [0.717, 1.165) is 36.9 Å². The molecule has 0 spiro atoms. The van der Waals surface area contributed by atoms with Crippen LogP contribution in [0.1, 0.15) is 25.2 Å². The standard InChI is InChI=1S/C16H20N6O/c1-12-20-14-15(17-11-18-16(14)23-12)21-8-3-13(4-9-21)5-10-22-7-2-6-19-22/h2,6-7,11,13H,3-5,8-10H2,1H3. The second kappa shape index (κ2) is 5.98. The van der Waals surface area contributed by atoms with Crippen LogP contribution in [-0.4, -0.2) is 37.8 Å². The second-order valence-electron chi connectivity index (χ2n) is 6.07. The van der Waals surface area contributed by atoms with Gasteiger partial charge < -0.3 is 9.32 Å². The molecule has 0 saturated carbocycles. The van der Waals surface area contributed by atoms with Crippen LogP contribution in [0.15, 0.2) is 29.2 Å². The lowest BCUT2D eigenvalue weighted by molar-refractivity contribution is 0.353. The summed E-state index contributed by atoms with van der Waals surface area (Å²) in [5.74, 6) is 2.28. The summed E-state index contributed by atoms with van der Waals surface area (Å²) in [7, 11) is 0. The van der Waals surface area contributed by atoms with Crippen LogP contribution in [0, 0.1) is 12.8 Å². The molecule has 7 nitrogen and oxygen atoms in total. The number of piperidine rings is 1. The van der Waals surface area contributed by atoms with E-state index < -0.39 is 0 Å². The normalized spacial score (nSPS) is 16.3. The van der Waals surface area contributed by atoms with Gasteiger partial charge >= 0.3 is 0 Å². The van der Waals surface area contributed by atoms with Gasteiger partial charge in [0, 0.05) is 39.0 Å². The van der Waals surface area contributed by atoms with Crippen LogP contribution in [-0.2, 0) is 6.54 Å². The van der Waals surface area contributed by atoms with Crippen LogP contribution >= 0.6 is 0 Å². The highest BCUT2D eigenvalue weighted by Crippen LogP contribution is 2.28. The Morgan fingerprint density at radius 2 is 2.13 bits per heavy atom. The predicted octanol–water partition coefficient (Wildman–Crippen LogP) is 2.43. The van der Waals surface area contributed by atoms with Crippen molar-refractivity contribution < 1.29 is 4.42 Å². The molecule has 1 aliphatic rings. The number of hydrogen-bond acceptors (Lipinski definition) is 6. The summed E-state index contributed by atoms with van der Waals surface area (Å²) in [5.41, 5.74) is 1.35. The Kier molecular flexibility index (Phi) is 3.69. The maximum atomic E-state index is 5.50. The summed E-state index contributed by atoms with van der Waals surface area (Å²) in [6.07, 6.45) is 8.94. The van der Waals surface area contributed by atoms with E-state index in [2.05, 4.69) is 25.0 Å². The number of nitrogens with zero attached hydrogens (tertiary/aromatic N) is 6. The van der Waals surface area contributed by atoms with E-state index in [0.29, 0.717) is 11.6 Å². The Labute approximate surface area is 134 Å². The van der Waals surface area contributed by atoms with E-state index in [-0.39, 0.29) is 0 Å². The molecular weight excluding hydrogens is 292 g/mol. The minimum Gasteiger partial charge on any atom is -0.422 e. The lowest BCUT2D eigenvalue weighted by atomic mass is 9.93. The number of fused-ring (bicyclic) bond motifs is 1. The molecule has 0 amide bonds. The molecule has 0 bridgehead atoms. The quantitative estimate of drug-likeness (QED) is 0.736. The van der Waals surface area contributed by atoms with Crippen molar-refractivity contribution in [2.45, 2.75) is 32.7 Å². The first-order valence-corrected chi connectivity index (χ1v) is 8.10. The number of anilines is 1. The van der Waals surface area contributed by atoms with Crippen LogP contribution in [0.5, 0.6) is 0 Å². The summed E-state index contributed by atoms with van der Waals surface area (Å²) in [4.78, 5) is 15.3. The van der Waals surface area contributed by atoms with E-state index in [1.54, 1.807) is 6.33 Å². The van der Waals surface area contributed by atoms with Gasteiger partial charge in [0.2, 0.25) is 0 Å². The van der Waals surface area contributed by atoms with Gasteiger partial charge in [-0.3, -0.25) is 4.68 Å². The molecule has 1 aliphatic heterocycles. The SMILES string of the molecule is Cc1nc2c(N3CCC(CCn4cccn4)CC3)ncnc2o1. The zero-order valence-electron chi connectivity index (χ0n) is 13.2. The molecule has 120 valence electrons. The van der Waals surface area contributed by atoms with E-state index in [9.17, 15) is 0 Å². The number of aryl methyl sites for hydroxylation is 2. The molecule has 1 saturated heterocycles. The van der Waals surface area contributed by atoms with Crippen molar-refractivity contribution in [3.05, 3.63) is 30.7 Å². The van der Waals surface area contributed by atoms with Crippen LogP contribution in [0.3, 0.4) is 0 Å². The van der Waals surface area contributed by atoms with Crippen LogP contribution < -0.4 is 4.90 Å². The first-order chi connectivity index (χ1) is 11.3. The van der Waals surface area contributed by atoms with Crippen molar-refractivity contribution >= 4 is 17.0 Å². The molecule has 0 N–H and O–H groups in total. The molecule has 0 aliphatic carbocycles. The van der Waals surface area contributed by atoms with Crippen LogP contribution in [0.2, 0.25) is 0 Å². The van der Waals surface area contributed by atoms with E-state index in [4.69, 9.17) is 4.42 Å². The van der Waals surface area contributed by atoms with Crippen LogP contribution in [0.25, 0.3) is 11.2 Å². The third-order valence-corrected chi connectivity index (χ3v) is 4.52. The molecule has 0 radical (unpaired) electrons. The third-order valence-electron chi connectivity index (χ3n) is 4.52. The molecule has 0 unspecified atom stereocenters. The average molecular weight is 312 g/mol. The Bertz CT molecular complexity index is 773. The molecule has 23 heavy (non-hydrogen) atoms. The lowest BCUT2D eigenvalue weighted by Gasteiger charge is -2.32. The van der Waals surface area contributed by atoms with E-state index >= 15 is 0 Å². The summed E-state index contributed by atoms with van der Waals surface area (Å²) < 4.78 is 7.51. The highest BCUT2D eigenvalue weighted by Gasteiger charge is 2.23. The Balaban J connectivity index is 1.40. The number of rotatable bonds is 4. The summed E-state index contributed by atoms with van der Waals surface area (Å²) in [6, 6.07) is 1.98. The molecule has 3 aromatic rings. The van der Waals surface area contributed by atoms with Gasteiger partial charge in [0.15, 0.2) is 17.2 Å². The van der Waals surface area contributed by atoms with Gasteiger partial charge in [-0.15, -0.1) is 0 Å². The molecular formula is C16H20N6O. The third kappa shape index (κ3) is 2.91. The molecule has 4 heterocycles. The zero-order valence-corrected chi connectivity index (χ0v) is 13.2. The number of aromatic nitrogens is 5. The van der Waals surface area contributed by atoms with Gasteiger partial charge in [-0.25, -0.2) is 9.97 Å².